The molecule has 72 valence electrons. The van der Waals surface area contributed by atoms with Crippen molar-refractivity contribution in [2.24, 2.45) is 0 Å². The molecule has 0 fully saturated rings. The maximum absolute atomic E-state index is 8.95. The molecule has 1 aromatic heterocycles. The first-order chi connectivity index (χ1) is 6.38. The molecule has 0 saturated carbocycles. The summed E-state index contributed by atoms with van der Waals surface area (Å²) in [4.78, 5) is 4.07. The lowest BCUT2D eigenvalue weighted by Gasteiger charge is -2.07. The van der Waals surface area contributed by atoms with Crippen LogP contribution in [0.15, 0.2) is 18.3 Å². The second kappa shape index (κ2) is 5.50. The Kier molecular flexibility index (Phi) is 4.21. The van der Waals surface area contributed by atoms with E-state index in [1.807, 2.05) is 6.07 Å². The predicted octanol–water partition coefficient (Wildman–Crippen LogP) is 0.368. The van der Waals surface area contributed by atoms with Crippen LogP contribution in [0, 0.1) is 0 Å². The minimum atomic E-state index is -0.0186. The molecular formula is C9H14N2O2. The highest BCUT2D eigenvalue weighted by atomic mass is 16.3. The number of hydrogen-bond donors (Lipinski definition) is 3. The van der Waals surface area contributed by atoms with Crippen LogP contribution in [0.25, 0.3) is 0 Å². The monoisotopic (exact) mass is 182 g/mol. The van der Waals surface area contributed by atoms with E-state index >= 15 is 0 Å². The molecule has 3 N–H and O–H groups in total. The topological polar surface area (TPSA) is 65.4 Å². The number of nitrogens with one attached hydrogen (secondary N) is 1. The largest absolute Gasteiger partial charge is 0.396 e. The highest BCUT2D eigenvalue weighted by molar-refractivity contribution is 5.42. The summed E-state index contributed by atoms with van der Waals surface area (Å²) >= 11 is 0. The number of aromatic nitrogens is 1. The fraction of sp³-hybridized carbons (Fsp3) is 0.444. The Bertz CT molecular complexity index is 253. The van der Waals surface area contributed by atoms with Gasteiger partial charge >= 0.3 is 0 Å². The fourth-order valence-electron chi connectivity index (χ4n) is 1.01. The molecule has 0 aliphatic carbocycles. The first-order valence-electron chi connectivity index (χ1n) is 4.28. The van der Waals surface area contributed by atoms with E-state index in [4.69, 9.17) is 10.2 Å². The Morgan fingerprint density at radius 1 is 1.38 bits per heavy atom. The molecule has 0 unspecified atom stereocenters. The summed E-state index contributed by atoms with van der Waals surface area (Å²) < 4.78 is 0. The summed E-state index contributed by atoms with van der Waals surface area (Å²) in [5.41, 5.74) is 0.778. The van der Waals surface area contributed by atoms with Crippen molar-refractivity contribution in [1.82, 2.24) is 4.98 Å². The summed E-state index contributed by atoms with van der Waals surface area (Å²) in [7, 11) is 0. The van der Waals surface area contributed by atoms with E-state index in [1.165, 1.54) is 0 Å². The van der Waals surface area contributed by atoms with Crippen molar-refractivity contribution in [1.29, 1.82) is 0 Å². The molecule has 1 aromatic rings. The van der Waals surface area contributed by atoms with E-state index < -0.39 is 0 Å². The molecule has 0 radical (unpaired) electrons. The van der Waals surface area contributed by atoms with Crippen molar-refractivity contribution in [2.75, 3.05) is 18.5 Å². The molecule has 4 heteroatoms. The van der Waals surface area contributed by atoms with Crippen molar-refractivity contribution in [2.45, 2.75) is 13.0 Å². The first-order valence-corrected chi connectivity index (χ1v) is 4.28. The number of nitrogens with zero attached hydrogens (tertiary/aromatic N) is 1. The number of aliphatic hydroxyl groups excluding tert-OH is 2. The highest BCUT2D eigenvalue weighted by Crippen LogP contribution is 2.10. The fourth-order valence-corrected chi connectivity index (χ4v) is 1.01. The van der Waals surface area contributed by atoms with E-state index in [0.29, 0.717) is 18.8 Å². The molecule has 4 nitrogen and oxygen atoms in total. The molecule has 0 amide bonds. The zero-order valence-corrected chi connectivity index (χ0v) is 7.40. The summed E-state index contributed by atoms with van der Waals surface area (Å²) in [6.45, 7) is 0.810. The summed E-state index contributed by atoms with van der Waals surface area (Å²) in [5, 5.41) is 20.5. The Balaban J connectivity index is 2.54. The van der Waals surface area contributed by atoms with Crippen LogP contribution in [0.4, 0.5) is 5.82 Å². The van der Waals surface area contributed by atoms with Gasteiger partial charge in [-0.1, -0.05) is 6.07 Å². The van der Waals surface area contributed by atoms with Gasteiger partial charge in [0.2, 0.25) is 0 Å². The van der Waals surface area contributed by atoms with Crippen molar-refractivity contribution < 1.29 is 10.2 Å². The van der Waals surface area contributed by atoms with Crippen LogP contribution in [0.2, 0.25) is 0 Å². The van der Waals surface area contributed by atoms with Gasteiger partial charge in [-0.3, -0.25) is 0 Å². The van der Waals surface area contributed by atoms with Crippen molar-refractivity contribution in [3.05, 3.63) is 23.9 Å². The summed E-state index contributed by atoms with van der Waals surface area (Å²) in [6.07, 6.45) is 2.35. The molecule has 0 atom stereocenters. The lowest BCUT2D eigenvalue weighted by atomic mass is 10.2. The Hall–Kier alpha value is -1.13. The smallest absolute Gasteiger partial charge is 0.131 e. The molecule has 1 heterocycles. The second-order valence-electron chi connectivity index (χ2n) is 2.67. The van der Waals surface area contributed by atoms with Gasteiger partial charge in [0.15, 0.2) is 0 Å². The van der Waals surface area contributed by atoms with Crippen LogP contribution in [0.5, 0.6) is 0 Å². The van der Waals surface area contributed by atoms with Crippen molar-refractivity contribution in [3.8, 4) is 0 Å². The lowest BCUT2D eigenvalue weighted by Crippen LogP contribution is -2.07. The standard InChI is InChI=1S/C9H14N2O2/c12-6-2-5-11-9-8(7-13)3-1-4-10-9/h1,3-4,12-13H,2,5-7H2,(H,10,11). The van der Waals surface area contributed by atoms with Crippen molar-refractivity contribution in [3.63, 3.8) is 0 Å². The maximum Gasteiger partial charge on any atom is 0.131 e. The minimum Gasteiger partial charge on any atom is -0.396 e. The third-order valence-electron chi connectivity index (χ3n) is 1.69. The lowest BCUT2D eigenvalue weighted by molar-refractivity contribution is 0.282. The predicted molar refractivity (Wildman–Crippen MR) is 50.4 cm³/mol. The molecule has 0 aliphatic heterocycles. The van der Waals surface area contributed by atoms with Gasteiger partial charge in [0.05, 0.1) is 6.61 Å². The van der Waals surface area contributed by atoms with E-state index in [2.05, 4.69) is 10.3 Å². The van der Waals surface area contributed by atoms with E-state index in [1.54, 1.807) is 12.3 Å². The van der Waals surface area contributed by atoms with E-state index in [-0.39, 0.29) is 13.2 Å². The van der Waals surface area contributed by atoms with Crippen LogP contribution in [0.3, 0.4) is 0 Å². The van der Waals surface area contributed by atoms with Gasteiger partial charge < -0.3 is 15.5 Å². The second-order valence-corrected chi connectivity index (χ2v) is 2.67. The van der Waals surface area contributed by atoms with Gasteiger partial charge in [-0.05, 0) is 12.5 Å². The normalized spacial score (nSPS) is 10.0. The first kappa shape index (κ1) is 9.95. The molecule has 0 spiro atoms. The van der Waals surface area contributed by atoms with Gasteiger partial charge in [-0.25, -0.2) is 4.98 Å². The average molecular weight is 182 g/mol. The zero-order valence-electron chi connectivity index (χ0n) is 7.40. The highest BCUT2D eigenvalue weighted by Gasteiger charge is 1.99. The number of aliphatic hydroxyl groups is 2. The molecule has 0 bridgehead atoms. The summed E-state index contributed by atoms with van der Waals surface area (Å²) in [6, 6.07) is 3.59. The quantitative estimate of drug-likeness (QED) is 0.575. The van der Waals surface area contributed by atoms with Gasteiger partial charge in [0.1, 0.15) is 5.82 Å². The third-order valence-corrected chi connectivity index (χ3v) is 1.69. The van der Waals surface area contributed by atoms with Crippen LogP contribution >= 0.6 is 0 Å². The summed E-state index contributed by atoms with van der Waals surface area (Å²) in [5.74, 6) is 0.693. The minimum absolute atomic E-state index is 0.0186. The molecule has 0 aliphatic rings. The number of pyridine rings is 1. The SMILES string of the molecule is OCCCNc1ncccc1CO. The molecule has 0 saturated heterocycles. The average Bonchev–Trinajstić information content (AvgIpc) is 2.19. The van der Waals surface area contributed by atoms with Crippen LogP contribution in [0.1, 0.15) is 12.0 Å². The van der Waals surface area contributed by atoms with Crippen molar-refractivity contribution >= 4 is 5.82 Å². The maximum atomic E-state index is 8.95. The third kappa shape index (κ3) is 3.01. The van der Waals surface area contributed by atoms with Crippen LogP contribution in [-0.4, -0.2) is 28.3 Å². The Morgan fingerprint density at radius 2 is 2.23 bits per heavy atom. The van der Waals surface area contributed by atoms with Gasteiger partial charge in [-0.2, -0.15) is 0 Å². The molecular weight excluding hydrogens is 168 g/mol. The number of hydrogen-bond acceptors (Lipinski definition) is 4. The molecule has 1 rings (SSSR count). The molecule has 13 heavy (non-hydrogen) atoms. The van der Waals surface area contributed by atoms with E-state index in [0.717, 1.165) is 5.56 Å². The van der Waals surface area contributed by atoms with Gasteiger partial charge in [0, 0.05) is 24.9 Å². The Labute approximate surface area is 77.2 Å². The Morgan fingerprint density at radius 3 is 2.92 bits per heavy atom. The van der Waals surface area contributed by atoms with Crippen LogP contribution < -0.4 is 5.32 Å². The molecule has 0 aromatic carbocycles. The van der Waals surface area contributed by atoms with Gasteiger partial charge in [0.25, 0.3) is 0 Å². The van der Waals surface area contributed by atoms with Gasteiger partial charge in [-0.15, -0.1) is 0 Å². The van der Waals surface area contributed by atoms with Crippen LogP contribution in [-0.2, 0) is 6.61 Å². The number of anilines is 1. The number of rotatable bonds is 5. The van der Waals surface area contributed by atoms with E-state index in [9.17, 15) is 0 Å². The zero-order chi connectivity index (χ0) is 9.52.